The van der Waals surface area contributed by atoms with Crippen molar-refractivity contribution < 1.29 is 14.7 Å². The van der Waals surface area contributed by atoms with E-state index in [2.05, 4.69) is 21.2 Å². The fourth-order valence-electron chi connectivity index (χ4n) is 2.10. The van der Waals surface area contributed by atoms with Crippen molar-refractivity contribution in [1.82, 2.24) is 5.32 Å². The number of rotatable bonds is 5. The normalized spacial score (nSPS) is 12.8. The predicted molar refractivity (Wildman–Crippen MR) is 86.1 cm³/mol. The van der Waals surface area contributed by atoms with Crippen LogP contribution in [0, 0.1) is 5.41 Å². The van der Waals surface area contributed by atoms with E-state index in [1.54, 1.807) is 18.2 Å². The van der Waals surface area contributed by atoms with E-state index in [-0.39, 0.29) is 17.7 Å². The Morgan fingerprint density at radius 2 is 2.00 bits per heavy atom. The molecule has 116 valence electrons. The van der Waals surface area contributed by atoms with E-state index in [4.69, 9.17) is 10.8 Å². The van der Waals surface area contributed by atoms with Gasteiger partial charge in [0, 0.05) is 16.2 Å². The summed E-state index contributed by atoms with van der Waals surface area (Å²) in [6, 6.07) is 4.52. The third-order valence-electron chi connectivity index (χ3n) is 2.85. The molecule has 0 aromatic heterocycles. The second-order valence-electron chi connectivity index (χ2n) is 6.27. The van der Waals surface area contributed by atoms with Crippen molar-refractivity contribution in [1.29, 1.82) is 0 Å². The van der Waals surface area contributed by atoms with Crippen LogP contribution in [0.25, 0.3) is 0 Å². The van der Waals surface area contributed by atoms with Gasteiger partial charge in [-0.25, -0.2) is 0 Å². The number of carbonyl (C=O) groups excluding carboxylic acids is 1. The smallest absolute Gasteiger partial charge is 0.305 e. The molecule has 1 rings (SSSR count). The number of carboxylic acids is 1. The number of hydrogen-bond acceptors (Lipinski definition) is 3. The molecule has 5 nitrogen and oxygen atoms in total. The molecule has 0 aliphatic carbocycles. The van der Waals surface area contributed by atoms with Crippen LogP contribution < -0.4 is 11.1 Å². The van der Waals surface area contributed by atoms with Gasteiger partial charge < -0.3 is 16.2 Å². The molecule has 1 atom stereocenters. The Labute approximate surface area is 133 Å². The first-order valence-electron chi connectivity index (χ1n) is 6.66. The SMILES string of the molecule is CC(C)(C)CC(CC(=O)O)NC(=O)c1cc(N)ccc1Br. The first-order valence-corrected chi connectivity index (χ1v) is 7.45. The maximum atomic E-state index is 12.3. The fourth-order valence-corrected chi connectivity index (χ4v) is 2.53. The van der Waals surface area contributed by atoms with Crippen LogP contribution >= 0.6 is 15.9 Å². The second-order valence-corrected chi connectivity index (χ2v) is 7.13. The molecule has 6 heteroatoms. The van der Waals surface area contributed by atoms with E-state index in [9.17, 15) is 9.59 Å². The summed E-state index contributed by atoms with van der Waals surface area (Å²) in [5, 5.41) is 11.8. The van der Waals surface area contributed by atoms with Crippen molar-refractivity contribution in [2.24, 2.45) is 5.41 Å². The Kier molecular flexibility index (Phi) is 5.78. The zero-order valence-electron chi connectivity index (χ0n) is 12.4. The number of anilines is 1. The van der Waals surface area contributed by atoms with E-state index < -0.39 is 12.0 Å². The Balaban J connectivity index is 2.89. The molecule has 0 aliphatic rings. The van der Waals surface area contributed by atoms with Gasteiger partial charge in [0.2, 0.25) is 0 Å². The number of carboxylic acid groups (broad SMARTS) is 1. The highest BCUT2D eigenvalue weighted by molar-refractivity contribution is 9.10. The molecule has 0 spiro atoms. The topological polar surface area (TPSA) is 92.4 Å². The van der Waals surface area contributed by atoms with Crippen molar-refractivity contribution in [3.05, 3.63) is 28.2 Å². The van der Waals surface area contributed by atoms with Gasteiger partial charge in [-0.15, -0.1) is 0 Å². The van der Waals surface area contributed by atoms with Crippen molar-refractivity contribution >= 4 is 33.5 Å². The number of amides is 1. The molecule has 0 bridgehead atoms. The maximum Gasteiger partial charge on any atom is 0.305 e. The summed E-state index contributed by atoms with van der Waals surface area (Å²) >= 11 is 3.30. The third-order valence-corrected chi connectivity index (χ3v) is 3.54. The Morgan fingerprint density at radius 1 is 1.38 bits per heavy atom. The van der Waals surface area contributed by atoms with Crippen LogP contribution in [-0.4, -0.2) is 23.0 Å². The van der Waals surface area contributed by atoms with Crippen LogP contribution in [-0.2, 0) is 4.79 Å². The lowest BCUT2D eigenvalue weighted by molar-refractivity contribution is -0.137. The number of nitrogens with two attached hydrogens (primary N) is 1. The van der Waals surface area contributed by atoms with Gasteiger partial charge in [-0.1, -0.05) is 20.8 Å². The minimum Gasteiger partial charge on any atom is -0.481 e. The number of nitrogen functional groups attached to an aromatic ring is 1. The molecule has 0 radical (unpaired) electrons. The van der Waals surface area contributed by atoms with E-state index in [1.165, 1.54) is 0 Å². The summed E-state index contributed by atoms with van der Waals surface area (Å²) in [7, 11) is 0. The van der Waals surface area contributed by atoms with Crippen molar-refractivity contribution in [2.45, 2.75) is 39.7 Å². The first-order chi connectivity index (χ1) is 9.58. The van der Waals surface area contributed by atoms with E-state index in [1.807, 2.05) is 20.8 Å². The van der Waals surface area contributed by atoms with Gasteiger partial charge in [0.15, 0.2) is 0 Å². The van der Waals surface area contributed by atoms with Gasteiger partial charge in [-0.2, -0.15) is 0 Å². The van der Waals surface area contributed by atoms with Gasteiger partial charge in [-0.3, -0.25) is 9.59 Å². The molecule has 0 saturated heterocycles. The molecular formula is C15H21BrN2O3. The molecule has 0 saturated carbocycles. The monoisotopic (exact) mass is 356 g/mol. The highest BCUT2D eigenvalue weighted by atomic mass is 79.9. The predicted octanol–water partition coefficient (Wildman–Crippen LogP) is 3.04. The summed E-state index contributed by atoms with van der Waals surface area (Å²) in [6.45, 7) is 6.01. The van der Waals surface area contributed by atoms with E-state index >= 15 is 0 Å². The third kappa shape index (κ3) is 6.16. The van der Waals surface area contributed by atoms with Crippen molar-refractivity contribution in [3.8, 4) is 0 Å². The molecule has 1 unspecified atom stereocenters. The lowest BCUT2D eigenvalue weighted by Crippen LogP contribution is -2.39. The second kappa shape index (κ2) is 6.93. The molecule has 4 N–H and O–H groups in total. The zero-order valence-corrected chi connectivity index (χ0v) is 14.0. The standard InChI is InChI=1S/C15H21BrN2O3/c1-15(2,3)8-10(7-13(19)20)18-14(21)11-6-9(17)4-5-12(11)16/h4-6,10H,7-8,17H2,1-3H3,(H,18,21)(H,19,20). The Hall–Kier alpha value is -1.56. The average Bonchev–Trinajstić information content (AvgIpc) is 2.28. The number of benzene rings is 1. The molecule has 1 aromatic rings. The van der Waals surface area contributed by atoms with Crippen LogP contribution in [0.15, 0.2) is 22.7 Å². The number of nitrogens with one attached hydrogen (secondary N) is 1. The Bertz CT molecular complexity index is 538. The van der Waals surface area contributed by atoms with Gasteiger partial charge >= 0.3 is 5.97 Å². The maximum absolute atomic E-state index is 12.3. The highest BCUT2D eigenvalue weighted by Crippen LogP contribution is 2.24. The molecule has 1 aromatic carbocycles. The lowest BCUT2D eigenvalue weighted by atomic mass is 9.87. The number of halogens is 1. The van der Waals surface area contributed by atoms with E-state index in [0.29, 0.717) is 22.1 Å². The first kappa shape index (κ1) is 17.5. The zero-order chi connectivity index (χ0) is 16.2. The highest BCUT2D eigenvalue weighted by Gasteiger charge is 2.23. The van der Waals surface area contributed by atoms with Crippen LogP contribution in [0.2, 0.25) is 0 Å². The van der Waals surface area contributed by atoms with Gasteiger partial charge in [0.1, 0.15) is 0 Å². The van der Waals surface area contributed by atoms with Gasteiger partial charge in [-0.05, 0) is 46.0 Å². The molecular weight excluding hydrogens is 336 g/mol. The summed E-state index contributed by atoms with van der Waals surface area (Å²) < 4.78 is 0.624. The summed E-state index contributed by atoms with van der Waals surface area (Å²) in [4.78, 5) is 23.3. The van der Waals surface area contributed by atoms with Crippen LogP contribution in [0.3, 0.4) is 0 Å². The number of hydrogen-bond donors (Lipinski definition) is 3. The van der Waals surface area contributed by atoms with Crippen molar-refractivity contribution in [2.75, 3.05) is 5.73 Å². The average molecular weight is 357 g/mol. The van der Waals surface area contributed by atoms with E-state index in [0.717, 1.165) is 0 Å². The van der Waals surface area contributed by atoms with Gasteiger partial charge in [0.25, 0.3) is 5.91 Å². The van der Waals surface area contributed by atoms with Crippen LogP contribution in [0.1, 0.15) is 44.0 Å². The van der Waals surface area contributed by atoms with Crippen LogP contribution in [0.4, 0.5) is 5.69 Å². The quantitative estimate of drug-likeness (QED) is 0.707. The molecule has 0 fully saturated rings. The van der Waals surface area contributed by atoms with Crippen LogP contribution in [0.5, 0.6) is 0 Å². The summed E-state index contributed by atoms with van der Waals surface area (Å²) in [5.41, 5.74) is 6.48. The number of carbonyl (C=O) groups is 2. The Morgan fingerprint density at radius 3 is 2.52 bits per heavy atom. The van der Waals surface area contributed by atoms with Crippen molar-refractivity contribution in [3.63, 3.8) is 0 Å². The molecule has 0 aliphatic heterocycles. The fraction of sp³-hybridized carbons (Fsp3) is 0.467. The molecule has 21 heavy (non-hydrogen) atoms. The summed E-state index contributed by atoms with van der Waals surface area (Å²) in [5.74, 6) is -1.26. The minimum atomic E-state index is -0.934. The molecule has 1 amide bonds. The minimum absolute atomic E-state index is 0.0830. The summed E-state index contributed by atoms with van der Waals surface area (Å²) in [6.07, 6.45) is 0.466. The number of aliphatic carboxylic acids is 1. The lowest BCUT2D eigenvalue weighted by Gasteiger charge is -2.26. The van der Waals surface area contributed by atoms with Gasteiger partial charge in [0.05, 0.1) is 12.0 Å². The molecule has 0 heterocycles. The largest absolute Gasteiger partial charge is 0.481 e.